The van der Waals surface area contributed by atoms with Gasteiger partial charge in [0, 0.05) is 64.9 Å². The molecule has 0 radical (unpaired) electrons. The summed E-state index contributed by atoms with van der Waals surface area (Å²) in [6.07, 6.45) is 0. The Hall–Kier alpha value is -9.52. The summed E-state index contributed by atoms with van der Waals surface area (Å²) in [6.45, 7) is 71.6. The van der Waals surface area contributed by atoms with E-state index in [1.165, 1.54) is 192 Å². The molecule has 16 aromatic rings. The molecule has 2 aliphatic rings. The number of fused-ring (bicyclic) bond motifs is 19. The van der Waals surface area contributed by atoms with Gasteiger partial charge in [-0.15, -0.1) is 0 Å². The molecule has 0 fully saturated rings. The molecule has 112 heavy (non-hydrogen) atoms. The Morgan fingerprint density at radius 1 is 0.170 bits per heavy atom. The molecule has 0 bridgehead atoms. The van der Waals surface area contributed by atoms with Gasteiger partial charge in [-0.3, -0.25) is 0 Å². The molecule has 570 valence electrons. The number of hydrogen-bond donors (Lipinski definition) is 0. The Balaban J connectivity index is 1.24. The Morgan fingerprint density at radius 3 is 0.518 bits per heavy atom. The average molecular weight is 1470 g/mol. The minimum absolute atomic E-state index is 0.131. The summed E-state index contributed by atoms with van der Waals surface area (Å²) in [5.74, 6) is 0. The first kappa shape index (κ1) is 73.9. The van der Waals surface area contributed by atoms with E-state index in [1.54, 1.807) is 0 Å². The molecule has 6 heteroatoms. The number of benzene rings is 11. The van der Waals surface area contributed by atoms with Crippen LogP contribution in [0, 0.1) is 0 Å². The molecule has 0 unspecified atom stereocenters. The van der Waals surface area contributed by atoms with Gasteiger partial charge in [0.25, 0.3) is 6.71 Å². The highest BCUT2D eigenvalue weighted by molar-refractivity contribution is 7.00. The van der Waals surface area contributed by atoms with Gasteiger partial charge in [0.2, 0.25) is 0 Å². The summed E-state index contributed by atoms with van der Waals surface area (Å²) in [7, 11) is 0. The quantitative estimate of drug-likeness (QED) is 0.158. The van der Waals surface area contributed by atoms with Gasteiger partial charge in [0.15, 0.2) is 0 Å². The van der Waals surface area contributed by atoms with Crippen LogP contribution in [0.3, 0.4) is 0 Å². The predicted octanol–water partition coefficient (Wildman–Crippen LogP) is 27.3. The van der Waals surface area contributed by atoms with Crippen molar-refractivity contribution in [3.63, 3.8) is 0 Å². The highest BCUT2D eigenvalue weighted by Gasteiger charge is 2.48. The van der Waals surface area contributed by atoms with E-state index in [0.717, 1.165) is 17.1 Å². The maximum atomic E-state index is 2.85. The fraction of sp³-hybridized carbons (Fsp3) is 0.377. The van der Waals surface area contributed by atoms with Crippen LogP contribution < -0.4 is 16.4 Å². The van der Waals surface area contributed by atoms with Crippen LogP contribution in [0.5, 0.6) is 0 Å². The van der Waals surface area contributed by atoms with Crippen LogP contribution >= 0.6 is 0 Å². The fourth-order valence-electron chi connectivity index (χ4n) is 19.2. The predicted molar refractivity (Wildman–Crippen MR) is 490 cm³/mol. The third-order valence-corrected chi connectivity index (χ3v) is 26.2. The van der Waals surface area contributed by atoms with Crippen molar-refractivity contribution in [2.75, 3.05) is 0 Å². The standard InChI is InChI=1S/C106H118BN5/c1-97(2,3)59-31-39-81-69(47-59)70-48-60(98(4,5)6)32-40-82(70)108(81)94-92-89-93(95(109-83-41-33-61(99(7,8)9)49-71(83)72-50-62(100(10,11)12)34-42-84(72)109)96(94)110-85-43-35-63(101(13,14)15)51-73(85)74-52-64(102(16,17)18)36-44-86(74)110)112-88-46-38-66(104(22,23)24)54-76(88)78-56-68(106(28,29)30)58-80(91(78)112)107(89)79-57-67(105(25,26)27)55-77-75-53-65(103(19,20)21)37-45-87(75)111(92)90(77)79/h31-58H,1-30H3. The zero-order valence-electron chi connectivity index (χ0n) is 73.0. The summed E-state index contributed by atoms with van der Waals surface area (Å²) >= 11 is 0. The Kier molecular flexibility index (Phi) is 15.3. The number of hydrogen-bond acceptors (Lipinski definition) is 0. The van der Waals surface area contributed by atoms with E-state index in [1.807, 2.05) is 0 Å². The molecule has 0 amide bonds. The third kappa shape index (κ3) is 10.9. The van der Waals surface area contributed by atoms with Gasteiger partial charge in [-0.1, -0.05) is 268 Å². The van der Waals surface area contributed by atoms with Crippen molar-refractivity contribution in [2.24, 2.45) is 0 Å². The van der Waals surface area contributed by atoms with E-state index in [0.29, 0.717) is 0 Å². The van der Waals surface area contributed by atoms with E-state index in [2.05, 4.69) is 400 Å². The Labute approximate surface area is 666 Å². The third-order valence-electron chi connectivity index (χ3n) is 26.2. The highest BCUT2D eigenvalue weighted by atomic mass is 15.2. The lowest BCUT2D eigenvalue weighted by Gasteiger charge is -2.39. The van der Waals surface area contributed by atoms with Crippen molar-refractivity contribution < 1.29 is 0 Å². The molecular formula is C106H118BN5. The van der Waals surface area contributed by atoms with E-state index >= 15 is 0 Å². The molecule has 2 aliphatic heterocycles. The lowest BCUT2D eigenvalue weighted by molar-refractivity contribution is 0.590. The van der Waals surface area contributed by atoms with Crippen LogP contribution in [-0.2, 0) is 54.1 Å². The van der Waals surface area contributed by atoms with Crippen LogP contribution in [0.15, 0.2) is 170 Å². The summed E-state index contributed by atoms with van der Waals surface area (Å²) < 4.78 is 14.1. The zero-order valence-corrected chi connectivity index (χ0v) is 73.0. The average Bonchev–Trinajstić information content (AvgIpc) is 1.45. The van der Waals surface area contributed by atoms with Crippen molar-refractivity contribution in [3.05, 3.63) is 225 Å². The highest BCUT2D eigenvalue weighted by Crippen LogP contribution is 2.54. The minimum Gasteiger partial charge on any atom is -0.308 e. The molecule has 0 saturated carbocycles. The van der Waals surface area contributed by atoms with Crippen molar-refractivity contribution >= 4 is 132 Å². The van der Waals surface area contributed by atoms with Crippen LogP contribution in [0.1, 0.15) is 263 Å². The second-order valence-electron chi connectivity index (χ2n) is 44.5. The molecule has 0 saturated heterocycles. The molecule has 0 spiro atoms. The zero-order chi connectivity index (χ0) is 80.2. The first-order valence-electron chi connectivity index (χ1n) is 41.7. The topological polar surface area (TPSA) is 24.6 Å². The summed E-state index contributed by atoms with van der Waals surface area (Å²) in [6, 6.07) is 71.1. The van der Waals surface area contributed by atoms with Crippen LogP contribution in [0.2, 0.25) is 0 Å². The van der Waals surface area contributed by atoms with Gasteiger partial charge >= 0.3 is 0 Å². The maximum Gasteiger partial charge on any atom is 0.252 e. The van der Waals surface area contributed by atoms with E-state index in [-0.39, 0.29) is 60.9 Å². The fourth-order valence-corrected chi connectivity index (χ4v) is 19.2. The summed E-state index contributed by atoms with van der Waals surface area (Å²) in [5.41, 5.74) is 33.6. The number of nitrogens with zero attached hydrogens (tertiary/aromatic N) is 5. The summed E-state index contributed by atoms with van der Waals surface area (Å²) in [5, 5.41) is 12.7. The van der Waals surface area contributed by atoms with Crippen molar-refractivity contribution in [1.29, 1.82) is 0 Å². The molecule has 5 aromatic heterocycles. The van der Waals surface area contributed by atoms with E-state index in [4.69, 9.17) is 0 Å². The largest absolute Gasteiger partial charge is 0.308 e. The number of rotatable bonds is 3. The normalized spacial score (nSPS) is 14.3. The molecule has 0 atom stereocenters. The molecule has 5 nitrogen and oxygen atoms in total. The molecule has 7 heterocycles. The van der Waals surface area contributed by atoms with Crippen LogP contribution in [0.25, 0.3) is 137 Å². The lowest BCUT2D eigenvalue weighted by Crippen LogP contribution is -2.60. The lowest BCUT2D eigenvalue weighted by atomic mass is 9.33. The van der Waals surface area contributed by atoms with Gasteiger partial charge < -0.3 is 22.8 Å². The molecule has 0 aliphatic carbocycles. The molecule has 0 N–H and O–H groups in total. The second kappa shape index (κ2) is 23.1. The smallest absolute Gasteiger partial charge is 0.252 e. The van der Waals surface area contributed by atoms with Gasteiger partial charge in [0.1, 0.15) is 0 Å². The molecule has 18 rings (SSSR count). The van der Waals surface area contributed by atoms with Crippen molar-refractivity contribution in [2.45, 2.75) is 262 Å². The Morgan fingerprint density at radius 2 is 0.330 bits per heavy atom. The molecular weight excluding hydrogens is 1350 g/mol. The van der Waals surface area contributed by atoms with Crippen LogP contribution in [0.4, 0.5) is 0 Å². The first-order valence-corrected chi connectivity index (χ1v) is 41.7. The molecule has 11 aromatic carbocycles. The van der Waals surface area contributed by atoms with Crippen molar-refractivity contribution in [1.82, 2.24) is 22.8 Å². The van der Waals surface area contributed by atoms with Crippen molar-refractivity contribution in [3.8, 4) is 28.4 Å². The SMILES string of the molecule is CC(C)(C)c1ccc2c(c1)c1cc(C(C)(C)C)ccc1n2-c1c(-n2c3ccc(C(C)(C)C)cc3c3cc(C(C)(C)C)ccc32)c2c3c(c1-n1c4ccc(C(C)(C)C)cc4c4cc(C(C)(C)C)ccc41)-n1c4ccc(C(C)(C)C)cc4c4cc(C(C)(C)C)cc(c41)B3c1cc(C(C)(C)C)cc3c4cc(C(C)(C)C)ccc4n-2c13. The Bertz CT molecular complexity index is 6270. The van der Waals surface area contributed by atoms with Gasteiger partial charge in [-0.2, -0.15) is 0 Å². The van der Waals surface area contributed by atoms with Gasteiger partial charge in [0.05, 0.1) is 72.6 Å². The minimum atomic E-state index is -0.271. The van der Waals surface area contributed by atoms with Gasteiger partial charge in [-0.25, -0.2) is 0 Å². The monoisotopic (exact) mass is 1470 g/mol. The second-order valence-corrected chi connectivity index (χ2v) is 44.5. The van der Waals surface area contributed by atoms with Gasteiger partial charge in [-0.05, 0) is 235 Å². The van der Waals surface area contributed by atoms with E-state index in [9.17, 15) is 0 Å². The number of aromatic nitrogens is 5. The first-order chi connectivity index (χ1) is 51.9. The van der Waals surface area contributed by atoms with Crippen LogP contribution in [-0.4, -0.2) is 29.5 Å². The maximum absolute atomic E-state index is 2.85. The summed E-state index contributed by atoms with van der Waals surface area (Å²) in [4.78, 5) is 0. The van der Waals surface area contributed by atoms with E-state index < -0.39 is 0 Å².